The van der Waals surface area contributed by atoms with Gasteiger partial charge in [0.2, 0.25) is 5.91 Å². The number of nitrogens with one attached hydrogen (secondary N) is 1. The smallest absolute Gasteiger partial charge is 0.408 e. The summed E-state index contributed by atoms with van der Waals surface area (Å²) in [6, 6.07) is 18.0. The number of thioether (sulfide) groups is 1. The van der Waals surface area contributed by atoms with E-state index in [4.69, 9.17) is 9.47 Å². The molecule has 1 aliphatic carbocycles. The molecular weight excluding hydrogens is 578 g/mol. The fraction of sp³-hybridized carbons (Fsp3) is 0.412. The maximum Gasteiger partial charge on any atom is 0.408 e. The molecule has 0 bridgehead atoms. The summed E-state index contributed by atoms with van der Waals surface area (Å²) in [5.74, 6) is -0.166. The van der Waals surface area contributed by atoms with Crippen molar-refractivity contribution in [3.8, 4) is 0 Å². The van der Waals surface area contributed by atoms with Gasteiger partial charge in [0.15, 0.2) is 6.10 Å². The molecule has 4 aliphatic rings. The van der Waals surface area contributed by atoms with Gasteiger partial charge in [-0.3, -0.25) is 14.5 Å². The van der Waals surface area contributed by atoms with Crippen LogP contribution in [-0.2, 0) is 23.9 Å². The molecule has 2 aromatic carbocycles. The topological polar surface area (TPSA) is 105 Å². The molecule has 3 heterocycles. The highest BCUT2D eigenvalue weighted by molar-refractivity contribution is 8.00. The molecule has 1 N–H and O–H groups in total. The predicted octanol–water partition coefficient (Wildman–Crippen LogP) is 4.95. The normalized spacial score (nSPS) is 22.7. The second-order valence-electron chi connectivity index (χ2n) is 12.6. The van der Waals surface area contributed by atoms with Crippen molar-refractivity contribution in [2.24, 2.45) is 5.92 Å². The Kier molecular flexibility index (Phi) is 8.28. The molecule has 1 saturated carbocycles. The molecule has 3 fully saturated rings. The Bertz CT molecular complexity index is 1470. The number of β-lactam (4-membered cyclic amide) rings is 1. The number of amides is 3. The number of esters is 1. The largest absolute Gasteiger partial charge is 0.448 e. The summed E-state index contributed by atoms with van der Waals surface area (Å²) in [4.78, 5) is 56.8. The Morgan fingerprint density at radius 3 is 2.25 bits per heavy atom. The van der Waals surface area contributed by atoms with Crippen molar-refractivity contribution < 1.29 is 28.7 Å². The lowest BCUT2D eigenvalue weighted by Gasteiger charge is -2.49. The van der Waals surface area contributed by atoms with Crippen LogP contribution in [0.15, 0.2) is 83.6 Å². The van der Waals surface area contributed by atoms with E-state index >= 15 is 0 Å². The number of alkyl carbamates (subject to hydrolysis) is 1. The van der Waals surface area contributed by atoms with E-state index in [-0.39, 0.29) is 11.6 Å². The van der Waals surface area contributed by atoms with Gasteiger partial charge in [0, 0.05) is 24.4 Å². The van der Waals surface area contributed by atoms with Crippen LogP contribution in [-0.4, -0.2) is 69.5 Å². The lowest BCUT2D eigenvalue weighted by molar-refractivity contribution is -0.153. The van der Waals surface area contributed by atoms with Gasteiger partial charge < -0.3 is 19.7 Å². The second-order valence-corrected chi connectivity index (χ2v) is 13.7. The quantitative estimate of drug-likeness (QED) is 0.255. The van der Waals surface area contributed by atoms with Crippen LogP contribution in [0, 0.1) is 5.92 Å². The van der Waals surface area contributed by atoms with E-state index in [1.807, 2.05) is 65.6 Å². The number of hydrogen-bond donors (Lipinski definition) is 1. The molecule has 2 atom stereocenters. The van der Waals surface area contributed by atoms with Gasteiger partial charge in [0.05, 0.1) is 0 Å². The molecule has 0 spiro atoms. The third-order valence-electron chi connectivity index (χ3n) is 8.03. The van der Waals surface area contributed by atoms with Gasteiger partial charge in [0.1, 0.15) is 22.7 Å². The van der Waals surface area contributed by atoms with Crippen molar-refractivity contribution in [2.75, 3.05) is 18.8 Å². The molecular formula is C34H37N3O6S. The summed E-state index contributed by atoms with van der Waals surface area (Å²) >= 11 is 1.43. The van der Waals surface area contributed by atoms with E-state index in [0.717, 1.165) is 30.5 Å². The number of nitrogens with zero attached hydrogens (tertiary/aromatic N) is 2. The number of ether oxygens (including phenoxy) is 2. The zero-order valence-electron chi connectivity index (χ0n) is 25.2. The number of rotatable bonds is 8. The zero-order valence-corrected chi connectivity index (χ0v) is 26.0. The van der Waals surface area contributed by atoms with Gasteiger partial charge in [-0.1, -0.05) is 60.7 Å². The van der Waals surface area contributed by atoms with Gasteiger partial charge in [-0.25, -0.2) is 9.59 Å². The first-order valence-corrected chi connectivity index (χ1v) is 16.1. The van der Waals surface area contributed by atoms with Gasteiger partial charge in [-0.15, -0.1) is 11.8 Å². The lowest BCUT2D eigenvalue weighted by Crippen LogP contribution is -2.70. The molecule has 0 radical (unpaired) electrons. The highest BCUT2D eigenvalue weighted by Crippen LogP contribution is 2.43. The van der Waals surface area contributed by atoms with Gasteiger partial charge in [0.25, 0.3) is 5.91 Å². The van der Waals surface area contributed by atoms with Crippen LogP contribution < -0.4 is 5.32 Å². The molecule has 230 valence electrons. The number of allylic oxidation sites excluding steroid dienone is 1. The Balaban J connectivity index is 1.32. The molecule has 2 saturated heterocycles. The monoisotopic (exact) mass is 615 g/mol. The van der Waals surface area contributed by atoms with Crippen molar-refractivity contribution in [3.63, 3.8) is 0 Å². The van der Waals surface area contributed by atoms with Crippen molar-refractivity contribution >= 4 is 35.6 Å². The maximum atomic E-state index is 14.2. The third kappa shape index (κ3) is 6.40. The van der Waals surface area contributed by atoms with Gasteiger partial charge in [-0.05, 0) is 68.7 Å². The molecule has 6 rings (SSSR count). The van der Waals surface area contributed by atoms with Crippen molar-refractivity contribution in [2.45, 2.75) is 63.2 Å². The molecule has 9 nitrogen and oxygen atoms in total. The summed E-state index contributed by atoms with van der Waals surface area (Å²) < 4.78 is 11.6. The van der Waals surface area contributed by atoms with E-state index in [0.29, 0.717) is 35.8 Å². The SMILES string of the molecule is CC(C)(C)OC(=O)N[C@@H]1C(=O)N2C(C(=O)OC(c3ccccc3)c3ccccc3)=C(/C=C3\CCN(CC4CC4)C3=O)CS[C@H]12. The number of benzene rings is 2. The first-order valence-electron chi connectivity index (χ1n) is 15.1. The van der Waals surface area contributed by atoms with Crippen LogP contribution >= 0.6 is 11.8 Å². The van der Waals surface area contributed by atoms with Gasteiger partial charge in [-0.2, -0.15) is 0 Å². The summed E-state index contributed by atoms with van der Waals surface area (Å²) in [7, 11) is 0. The average Bonchev–Trinajstić information content (AvgIpc) is 3.77. The predicted molar refractivity (Wildman–Crippen MR) is 166 cm³/mol. The number of fused-ring (bicyclic) bond motifs is 1. The van der Waals surface area contributed by atoms with Crippen LogP contribution in [0.2, 0.25) is 0 Å². The van der Waals surface area contributed by atoms with Gasteiger partial charge >= 0.3 is 12.1 Å². The van der Waals surface area contributed by atoms with E-state index in [1.165, 1.54) is 16.7 Å². The number of hydrogen-bond acceptors (Lipinski definition) is 7. The van der Waals surface area contributed by atoms with E-state index < -0.39 is 41.1 Å². The van der Waals surface area contributed by atoms with Crippen LogP contribution in [0.1, 0.15) is 57.3 Å². The molecule has 0 unspecified atom stereocenters. The molecule has 3 amide bonds. The minimum atomic E-state index is -0.854. The van der Waals surface area contributed by atoms with Crippen molar-refractivity contribution in [1.29, 1.82) is 0 Å². The highest BCUT2D eigenvalue weighted by Gasteiger charge is 2.55. The molecule has 3 aliphatic heterocycles. The summed E-state index contributed by atoms with van der Waals surface area (Å²) in [6.45, 7) is 6.66. The Morgan fingerprint density at radius 2 is 1.66 bits per heavy atom. The maximum absolute atomic E-state index is 14.2. The molecule has 0 aromatic heterocycles. The van der Waals surface area contributed by atoms with E-state index in [2.05, 4.69) is 5.32 Å². The average molecular weight is 616 g/mol. The summed E-state index contributed by atoms with van der Waals surface area (Å²) in [6.07, 6.45) is 3.25. The summed E-state index contributed by atoms with van der Waals surface area (Å²) in [5.41, 5.74) is 2.15. The minimum Gasteiger partial charge on any atom is -0.448 e. The van der Waals surface area contributed by atoms with Crippen LogP contribution in [0.25, 0.3) is 0 Å². The fourth-order valence-electron chi connectivity index (χ4n) is 5.72. The standard InChI is InChI=1S/C34H37N3O6S/c1-34(2,3)43-33(41)35-26-30(39)37-27(32(40)42-28(22-10-6-4-7-11-22)23-12-8-5-9-13-23)25(20-44-31(26)37)18-24-16-17-36(29(24)38)19-21-14-15-21/h4-13,18,21,26,28,31H,14-17,19-20H2,1-3H3,(H,35,41)/b24-18+/t26-,31-/m1/s1. The molecule has 44 heavy (non-hydrogen) atoms. The fourth-order valence-corrected chi connectivity index (χ4v) is 7.03. The number of carbonyl (C=O) groups is 4. The summed E-state index contributed by atoms with van der Waals surface area (Å²) in [5, 5.41) is 2.16. The van der Waals surface area contributed by atoms with Crippen LogP contribution in [0.3, 0.4) is 0 Å². The van der Waals surface area contributed by atoms with Crippen molar-refractivity contribution in [1.82, 2.24) is 15.1 Å². The van der Waals surface area contributed by atoms with E-state index in [9.17, 15) is 19.2 Å². The Labute approximate surface area is 261 Å². The van der Waals surface area contributed by atoms with E-state index in [1.54, 1.807) is 26.8 Å². The molecule has 10 heteroatoms. The highest BCUT2D eigenvalue weighted by atomic mass is 32.2. The number of carbonyl (C=O) groups excluding carboxylic acids is 4. The third-order valence-corrected chi connectivity index (χ3v) is 9.33. The zero-order chi connectivity index (χ0) is 31.0. The first-order chi connectivity index (χ1) is 21.1. The van der Waals surface area contributed by atoms with Crippen LogP contribution in [0.5, 0.6) is 0 Å². The molecule has 2 aromatic rings. The first kappa shape index (κ1) is 30.0. The lowest BCUT2D eigenvalue weighted by atomic mass is 10.00. The van der Waals surface area contributed by atoms with Crippen molar-refractivity contribution in [3.05, 3.63) is 94.7 Å². The number of likely N-dealkylation sites (tertiary alicyclic amines) is 1. The second kappa shape index (κ2) is 12.1. The van der Waals surface area contributed by atoms with Crippen LogP contribution in [0.4, 0.5) is 4.79 Å². The Morgan fingerprint density at radius 1 is 1.02 bits per heavy atom. The minimum absolute atomic E-state index is 0.0184. The Hall–Kier alpha value is -4.05.